The predicted molar refractivity (Wildman–Crippen MR) is 96.0 cm³/mol. The van der Waals surface area contributed by atoms with Crippen LogP contribution in [0.5, 0.6) is 0 Å². The topological polar surface area (TPSA) is 49.7 Å². The van der Waals surface area contributed by atoms with Crippen molar-refractivity contribution in [2.24, 2.45) is 17.8 Å². The van der Waals surface area contributed by atoms with Crippen LogP contribution in [0.4, 0.5) is 13.2 Å². The number of alkyl halides is 3. The smallest absolute Gasteiger partial charge is 0.390 e. The van der Waals surface area contributed by atoms with E-state index in [4.69, 9.17) is 4.74 Å². The molecule has 1 aromatic carbocycles. The molecule has 1 fully saturated rings. The van der Waals surface area contributed by atoms with Gasteiger partial charge in [0.2, 0.25) is 0 Å². The number of fused-ring (bicyclic) bond motifs is 1. The van der Waals surface area contributed by atoms with Gasteiger partial charge < -0.3 is 14.9 Å². The van der Waals surface area contributed by atoms with Gasteiger partial charge in [-0.2, -0.15) is 13.2 Å². The fourth-order valence-electron chi connectivity index (χ4n) is 4.92. The summed E-state index contributed by atoms with van der Waals surface area (Å²) in [7, 11) is 0. The zero-order valence-corrected chi connectivity index (χ0v) is 16.3. The normalized spacial score (nSPS) is 37.3. The highest BCUT2D eigenvalue weighted by Gasteiger charge is 2.52. The third kappa shape index (κ3) is 3.76. The monoisotopic (exact) mass is 386 g/mol. The van der Waals surface area contributed by atoms with Gasteiger partial charge in [-0.05, 0) is 74.1 Å². The Labute approximate surface area is 158 Å². The first kappa shape index (κ1) is 20.6. The SMILES string of the molecule is CC1OCC(O)(C2CC(C)(O)CCC2C(C)C)c2ccc(C(F)(F)F)cc21. The van der Waals surface area contributed by atoms with E-state index in [0.29, 0.717) is 24.0 Å². The van der Waals surface area contributed by atoms with Crippen LogP contribution < -0.4 is 0 Å². The van der Waals surface area contributed by atoms with Gasteiger partial charge in [-0.1, -0.05) is 19.9 Å². The Morgan fingerprint density at radius 3 is 2.48 bits per heavy atom. The Hall–Kier alpha value is -1.11. The summed E-state index contributed by atoms with van der Waals surface area (Å²) in [5.41, 5.74) is -2.17. The van der Waals surface area contributed by atoms with Crippen molar-refractivity contribution in [1.82, 2.24) is 0 Å². The third-order valence-corrected chi connectivity index (χ3v) is 6.50. The van der Waals surface area contributed by atoms with Gasteiger partial charge in [0, 0.05) is 0 Å². The maximum absolute atomic E-state index is 13.2. The highest BCUT2D eigenvalue weighted by Crippen LogP contribution is 2.52. The third-order valence-electron chi connectivity index (χ3n) is 6.50. The van der Waals surface area contributed by atoms with Gasteiger partial charge in [0.05, 0.1) is 23.9 Å². The van der Waals surface area contributed by atoms with Crippen molar-refractivity contribution in [3.63, 3.8) is 0 Å². The van der Waals surface area contributed by atoms with Crippen molar-refractivity contribution in [3.8, 4) is 0 Å². The van der Waals surface area contributed by atoms with Gasteiger partial charge in [0.1, 0.15) is 5.60 Å². The molecule has 0 bridgehead atoms. The van der Waals surface area contributed by atoms with Crippen LogP contribution in [0.3, 0.4) is 0 Å². The number of hydrogen-bond acceptors (Lipinski definition) is 3. The van der Waals surface area contributed by atoms with E-state index in [1.165, 1.54) is 6.07 Å². The molecule has 2 aliphatic rings. The second-order valence-electron chi connectivity index (χ2n) is 8.93. The van der Waals surface area contributed by atoms with Gasteiger partial charge in [-0.3, -0.25) is 0 Å². The Bertz CT molecular complexity index is 698. The molecule has 0 aromatic heterocycles. The fraction of sp³-hybridized carbons (Fsp3) is 0.714. The molecule has 3 rings (SSSR count). The van der Waals surface area contributed by atoms with Crippen LogP contribution in [0, 0.1) is 17.8 Å². The van der Waals surface area contributed by atoms with Crippen LogP contribution in [0.25, 0.3) is 0 Å². The predicted octanol–water partition coefficient (Wildman–Crippen LogP) is 4.81. The highest BCUT2D eigenvalue weighted by atomic mass is 19.4. The minimum absolute atomic E-state index is 0.0243. The van der Waals surface area contributed by atoms with E-state index in [1.54, 1.807) is 13.8 Å². The lowest BCUT2D eigenvalue weighted by molar-refractivity contribution is -0.172. The van der Waals surface area contributed by atoms with Gasteiger partial charge in [0.15, 0.2) is 0 Å². The zero-order chi connectivity index (χ0) is 20.2. The van der Waals surface area contributed by atoms with Crippen LogP contribution in [0.2, 0.25) is 0 Å². The summed E-state index contributed by atoms with van der Waals surface area (Å²) in [6, 6.07) is 3.53. The van der Waals surface area contributed by atoms with Gasteiger partial charge in [0.25, 0.3) is 0 Å². The molecule has 2 N–H and O–H groups in total. The second-order valence-corrected chi connectivity index (χ2v) is 8.93. The van der Waals surface area contributed by atoms with Gasteiger partial charge >= 0.3 is 6.18 Å². The molecule has 1 aliphatic carbocycles. The molecule has 0 saturated heterocycles. The van der Waals surface area contributed by atoms with Gasteiger partial charge in [-0.25, -0.2) is 0 Å². The summed E-state index contributed by atoms with van der Waals surface area (Å²) >= 11 is 0. The molecule has 0 spiro atoms. The minimum Gasteiger partial charge on any atom is -0.390 e. The lowest BCUT2D eigenvalue weighted by Gasteiger charge is -2.51. The highest BCUT2D eigenvalue weighted by molar-refractivity contribution is 5.41. The molecule has 6 heteroatoms. The molecule has 3 nitrogen and oxygen atoms in total. The summed E-state index contributed by atoms with van der Waals surface area (Å²) in [5, 5.41) is 22.3. The van der Waals surface area contributed by atoms with Gasteiger partial charge in [-0.15, -0.1) is 0 Å². The Morgan fingerprint density at radius 1 is 1.22 bits per heavy atom. The average molecular weight is 386 g/mol. The standard InChI is InChI=1S/C21H29F3O3/c1-12(2)15-7-8-19(4,25)10-18(15)20(26)11-27-13(3)16-9-14(21(22,23)24)5-6-17(16)20/h5-6,9,12-13,15,18,25-26H,7-8,10-11H2,1-4H3. The summed E-state index contributed by atoms with van der Waals surface area (Å²) in [6.07, 6.45) is -3.16. The first-order valence-electron chi connectivity index (χ1n) is 9.63. The van der Waals surface area contributed by atoms with Crippen molar-refractivity contribution in [2.75, 3.05) is 6.61 Å². The van der Waals surface area contributed by atoms with Crippen LogP contribution >= 0.6 is 0 Å². The van der Waals surface area contributed by atoms with E-state index in [2.05, 4.69) is 13.8 Å². The van der Waals surface area contributed by atoms with Crippen LogP contribution in [0.15, 0.2) is 18.2 Å². The van der Waals surface area contributed by atoms with E-state index in [-0.39, 0.29) is 24.4 Å². The number of benzene rings is 1. The fourth-order valence-corrected chi connectivity index (χ4v) is 4.92. The second kappa shape index (κ2) is 6.75. The van der Waals surface area contributed by atoms with Crippen molar-refractivity contribution in [3.05, 3.63) is 34.9 Å². The molecule has 1 aromatic rings. The maximum Gasteiger partial charge on any atom is 0.416 e. The van der Waals surface area contributed by atoms with Crippen LogP contribution in [-0.2, 0) is 16.5 Å². The van der Waals surface area contributed by atoms with Crippen molar-refractivity contribution >= 4 is 0 Å². The molecule has 5 unspecified atom stereocenters. The largest absolute Gasteiger partial charge is 0.416 e. The van der Waals surface area contributed by atoms with Crippen molar-refractivity contribution < 1.29 is 28.1 Å². The Kier molecular flexibility index (Phi) is 5.15. The number of ether oxygens (including phenoxy) is 1. The lowest BCUT2D eigenvalue weighted by atomic mass is 9.60. The molecule has 0 amide bonds. The summed E-state index contributed by atoms with van der Waals surface area (Å²) in [5.74, 6) is 0.152. The van der Waals surface area contributed by atoms with E-state index >= 15 is 0 Å². The quantitative estimate of drug-likeness (QED) is 0.767. The summed E-state index contributed by atoms with van der Waals surface area (Å²) in [6.45, 7) is 7.66. The molecule has 152 valence electrons. The maximum atomic E-state index is 13.2. The summed E-state index contributed by atoms with van der Waals surface area (Å²) < 4.78 is 45.2. The van der Waals surface area contributed by atoms with Crippen LogP contribution in [-0.4, -0.2) is 22.4 Å². The molecular formula is C21H29F3O3. The average Bonchev–Trinajstić information content (AvgIpc) is 2.56. The van der Waals surface area contributed by atoms with Crippen molar-refractivity contribution in [2.45, 2.75) is 70.4 Å². The first-order valence-corrected chi connectivity index (χ1v) is 9.63. The molecule has 0 radical (unpaired) electrons. The number of halogens is 3. The minimum atomic E-state index is -4.45. The first-order chi connectivity index (χ1) is 12.3. The number of hydrogen-bond donors (Lipinski definition) is 2. The molecule has 1 heterocycles. The lowest BCUT2D eigenvalue weighted by Crippen LogP contribution is -2.52. The molecule has 27 heavy (non-hydrogen) atoms. The molecule has 1 saturated carbocycles. The van der Waals surface area contributed by atoms with Crippen LogP contribution in [0.1, 0.15) is 69.8 Å². The zero-order valence-electron chi connectivity index (χ0n) is 16.3. The Balaban J connectivity index is 2.09. The molecular weight excluding hydrogens is 357 g/mol. The van der Waals surface area contributed by atoms with Crippen molar-refractivity contribution in [1.29, 1.82) is 0 Å². The molecule has 5 atom stereocenters. The van der Waals surface area contributed by atoms with E-state index in [9.17, 15) is 23.4 Å². The van der Waals surface area contributed by atoms with E-state index in [0.717, 1.165) is 18.6 Å². The molecule has 1 aliphatic heterocycles. The number of aliphatic hydroxyl groups is 2. The number of rotatable bonds is 2. The van der Waals surface area contributed by atoms with E-state index in [1.807, 2.05) is 0 Å². The Morgan fingerprint density at radius 2 is 1.89 bits per heavy atom. The summed E-state index contributed by atoms with van der Waals surface area (Å²) in [4.78, 5) is 0. The van der Waals surface area contributed by atoms with E-state index < -0.39 is 29.0 Å².